The summed E-state index contributed by atoms with van der Waals surface area (Å²) in [6.07, 6.45) is 8.31. The van der Waals surface area contributed by atoms with Gasteiger partial charge in [-0.2, -0.15) is 0 Å². The number of hydrogen-bond acceptors (Lipinski definition) is 9. The topological polar surface area (TPSA) is 160 Å². The summed E-state index contributed by atoms with van der Waals surface area (Å²) in [6.45, 7) is 10.1. The van der Waals surface area contributed by atoms with Crippen LogP contribution in [-0.2, 0) is 38.1 Å². The van der Waals surface area contributed by atoms with E-state index in [9.17, 15) is 31.2 Å². The zero-order valence-corrected chi connectivity index (χ0v) is 32.9. The normalized spacial score (nSPS) is 14.4. The minimum atomic E-state index is -4.20. The SMILES string of the molecule is CCS(=O)(=O)c1ccc(-n2cc(CCC3CCN(C(=O)OC(C)(C)C)CC3)ncc2=O)c(-c2cn(C)c(=O)c3c2ccn3S(=O)(=O)c2ccc(C)cc2)c1. The number of rotatable bonds is 9. The van der Waals surface area contributed by atoms with Crippen LogP contribution >= 0.6 is 0 Å². The Morgan fingerprint density at radius 2 is 1.59 bits per heavy atom. The lowest BCUT2D eigenvalue weighted by atomic mass is 9.92. The highest BCUT2D eigenvalue weighted by atomic mass is 32.2. The van der Waals surface area contributed by atoms with E-state index in [1.807, 2.05) is 27.7 Å². The third-order valence-corrected chi connectivity index (χ3v) is 13.2. The summed E-state index contributed by atoms with van der Waals surface area (Å²) < 4.78 is 63.2. The molecule has 1 aliphatic rings. The number of ether oxygens (including phenoxy) is 1. The second-order valence-electron chi connectivity index (χ2n) is 14.8. The minimum Gasteiger partial charge on any atom is -0.444 e. The Morgan fingerprint density at radius 1 is 0.926 bits per heavy atom. The molecule has 13 nitrogen and oxygen atoms in total. The van der Waals surface area contributed by atoms with E-state index >= 15 is 0 Å². The second-order valence-corrected chi connectivity index (χ2v) is 18.9. The summed E-state index contributed by atoms with van der Waals surface area (Å²) in [5.41, 5.74) is 0.786. The van der Waals surface area contributed by atoms with Gasteiger partial charge in [0.15, 0.2) is 9.84 Å². The molecular weight excluding hydrogens is 731 g/mol. The Labute approximate surface area is 314 Å². The molecule has 5 aromatic rings. The van der Waals surface area contributed by atoms with Gasteiger partial charge in [-0.25, -0.2) is 25.6 Å². The van der Waals surface area contributed by atoms with E-state index in [0.29, 0.717) is 47.9 Å². The van der Waals surface area contributed by atoms with Crippen molar-refractivity contribution < 1.29 is 26.4 Å². The number of pyridine rings is 1. The molecule has 2 aromatic carbocycles. The summed E-state index contributed by atoms with van der Waals surface area (Å²) in [6, 6.07) is 12.3. The fourth-order valence-electron chi connectivity index (χ4n) is 6.72. The molecule has 6 rings (SSSR count). The second kappa shape index (κ2) is 14.7. The number of benzene rings is 2. The number of piperidine rings is 1. The first-order valence-electron chi connectivity index (χ1n) is 17.9. The van der Waals surface area contributed by atoms with Crippen LogP contribution in [0.4, 0.5) is 4.79 Å². The van der Waals surface area contributed by atoms with Crippen molar-refractivity contribution in [3.63, 3.8) is 0 Å². The fourth-order valence-corrected chi connectivity index (χ4v) is 8.97. The van der Waals surface area contributed by atoms with Crippen molar-refractivity contribution in [2.24, 2.45) is 13.0 Å². The van der Waals surface area contributed by atoms with Crippen molar-refractivity contribution in [2.75, 3.05) is 18.8 Å². The van der Waals surface area contributed by atoms with Gasteiger partial charge in [-0.05, 0) is 95.7 Å². The maximum Gasteiger partial charge on any atom is 0.410 e. The lowest BCUT2D eigenvalue weighted by Crippen LogP contribution is -2.41. The number of carbonyl (C=O) groups is 1. The van der Waals surface area contributed by atoms with Crippen molar-refractivity contribution in [2.45, 2.75) is 75.7 Å². The highest BCUT2D eigenvalue weighted by molar-refractivity contribution is 7.91. The zero-order chi connectivity index (χ0) is 39.2. The monoisotopic (exact) mass is 775 g/mol. The quantitative estimate of drug-likeness (QED) is 0.189. The molecule has 1 fully saturated rings. The van der Waals surface area contributed by atoms with E-state index < -0.39 is 36.6 Å². The van der Waals surface area contributed by atoms with Gasteiger partial charge in [0.1, 0.15) is 11.1 Å². The number of nitrogens with zero attached hydrogens (tertiary/aromatic N) is 5. The van der Waals surface area contributed by atoms with Crippen molar-refractivity contribution in [3.05, 3.63) is 105 Å². The van der Waals surface area contributed by atoms with Crippen LogP contribution in [-0.4, -0.2) is 70.4 Å². The van der Waals surface area contributed by atoms with Crippen LogP contribution in [0, 0.1) is 12.8 Å². The van der Waals surface area contributed by atoms with E-state index in [4.69, 9.17) is 4.74 Å². The van der Waals surface area contributed by atoms with Gasteiger partial charge in [-0.1, -0.05) is 24.6 Å². The molecule has 0 aliphatic carbocycles. The standard InChI is InChI=1S/C39H45N5O8S2/c1-7-53(48,49)30-14-15-34(43-24-28(40-23-35(43)45)11-10-27-16-19-42(20-17-27)38(47)52-39(3,4)5)32(22-30)33-25-41(6)37(46)36-31(33)18-21-44(36)54(50,51)29-12-8-26(2)9-13-29/h8-9,12-15,18,21-25,27H,7,10-11,16-17,19-20H2,1-6H3. The van der Waals surface area contributed by atoms with Crippen molar-refractivity contribution >= 4 is 36.9 Å². The van der Waals surface area contributed by atoms with Gasteiger partial charge in [-0.15, -0.1) is 0 Å². The first kappa shape index (κ1) is 38.7. The average molecular weight is 776 g/mol. The third kappa shape index (κ3) is 7.78. The number of carbonyl (C=O) groups excluding carboxylic acids is 1. The van der Waals surface area contributed by atoms with Crippen molar-refractivity contribution in [1.82, 2.24) is 23.0 Å². The van der Waals surface area contributed by atoms with Crippen molar-refractivity contribution in [1.29, 1.82) is 0 Å². The Bertz CT molecular complexity index is 2570. The fraction of sp³-hybridized carbons (Fsp3) is 0.385. The number of amides is 1. The first-order valence-corrected chi connectivity index (χ1v) is 20.9. The molecule has 0 N–H and O–H groups in total. The van der Waals surface area contributed by atoms with Gasteiger partial charge >= 0.3 is 6.09 Å². The van der Waals surface area contributed by atoms with Crippen LogP contribution < -0.4 is 11.1 Å². The van der Waals surface area contributed by atoms with Gasteiger partial charge in [-0.3, -0.25) is 19.1 Å². The molecular formula is C39H45N5O8S2. The Morgan fingerprint density at radius 3 is 2.24 bits per heavy atom. The molecule has 1 aliphatic heterocycles. The highest BCUT2D eigenvalue weighted by Crippen LogP contribution is 2.35. The van der Waals surface area contributed by atoms with Gasteiger partial charge in [0, 0.05) is 55.2 Å². The van der Waals surface area contributed by atoms with Crippen molar-refractivity contribution in [3.8, 4) is 16.8 Å². The first-order chi connectivity index (χ1) is 25.4. The van der Waals surface area contributed by atoms with Gasteiger partial charge in [0.2, 0.25) is 0 Å². The largest absolute Gasteiger partial charge is 0.444 e. The molecule has 3 aromatic heterocycles. The molecule has 54 heavy (non-hydrogen) atoms. The smallest absolute Gasteiger partial charge is 0.410 e. The van der Waals surface area contributed by atoms with Crippen LogP contribution in [0.5, 0.6) is 0 Å². The van der Waals surface area contributed by atoms with E-state index in [2.05, 4.69) is 4.98 Å². The van der Waals surface area contributed by atoms with Gasteiger partial charge < -0.3 is 14.2 Å². The predicted octanol–water partition coefficient (Wildman–Crippen LogP) is 5.47. The third-order valence-electron chi connectivity index (χ3n) is 9.75. The molecule has 4 heterocycles. The summed E-state index contributed by atoms with van der Waals surface area (Å²) in [4.78, 5) is 45.8. The maximum absolute atomic E-state index is 13.9. The Kier molecular flexibility index (Phi) is 10.5. The number of aryl methyl sites for hydroxylation is 3. The number of sulfone groups is 1. The Balaban J connectivity index is 1.40. The van der Waals surface area contributed by atoms with Crippen LogP contribution in [0.15, 0.2) is 92.7 Å². The summed E-state index contributed by atoms with van der Waals surface area (Å²) in [7, 11) is -6.43. The number of hydrogen-bond donors (Lipinski definition) is 0. The summed E-state index contributed by atoms with van der Waals surface area (Å²) in [5, 5.41) is 0.265. The molecule has 0 saturated carbocycles. The van der Waals surface area contributed by atoms with Crippen LogP contribution in [0.1, 0.15) is 58.2 Å². The average Bonchev–Trinajstić information content (AvgIpc) is 3.59. The van der Waals surface area contributed by atoms with E-state index in [1.165, 1.54) is 72.0 Å². The maximum atomic E-state index is 13.9. The zero-order valence-electron chi connectivity index (χ0n) is 31.3. The lowest BCUT2D eigenvalue weighted by Gasteiger charge is -2.33. The molecule has 0 atom stereocenters. The van der Waals surface area contributed by atoms with Gasteiger partial charge in [0.05, 0.1) is 33.1 Å². The molecule has 0 spiro atoms. The van der Waals surface area contributed by atoms with Crippen LogP contribution in [0.2, 0.25) is 0 Å². The molecule has 0 unspecified atom stereocenters. The van der Waals surface area contributed by atoms with E-state index in [-0.39, 0.29) is 32.5 Å². The predicted molar refractivity (Wildman–Crippen MR) is 206 cm³/mol. The molecule has 1 amide bonds. The van der Waals surface area contributed by atoms with Crippen LogP contribution in [0.3, 0.4) is 0 Å². The number of aromatic nitrogens is 4. The summed E-state index contributed by atoms with van der Waals surface area (Å²) in [5.74, 6) is 0.162. The molecule has 286 valence electrons. The molecule has 0 radical (unpaired) electrons. The number of fused-ring (bicyclic) bond motifs is 1. The van der Waals surface area contributed by atoms with Crippen LogP contribution in [0.25, 0.3) is 27.7 Å². The van der Waals surface area contributed by atoms with Gasteiger partial charge in [0.25, 0.3) is 21.1 Å². The number of likely N-dealkylation sites (tertiary alicyclic amines) is 1. The highest BCUT2D eigenvalue weighted by Gasteiger charge is 2.28. The Hall–Kier alpha value is -5.02. The van der Waals surface area contributed by atoms with E-state index in [1.54, 1.807) is 29.3 Å². The molecule has 0 bridgehead atoms. The molecule has 1 saturated heterocycles. The molecule has 15 heteroatoms. The van der Waals surface area contributed by atoms with E-state index in [0.717, 1.165) is 28.8 Å². The minimum absolute atomic E-state index is 0.000701. The summed E-state index contributed by atoms with van der Waals surface area (Å²) >= 11 is 0. The lowest BCUT2D eigenvalue weighted by molar-refractivity contribution is 0.0181.